The van der Waals surface area contributed by atoms with E-state index in [2.05, 4.69) is 38.9 Å². The van der Waals surface area contributed by atoms with Crippen LogP contribution in [0.2, 0.25) is 0 Å². The van der Waals surface area contributed by atoms with Gasteiger partial charge in [0.2, 0.25) is 5.95 Å². The Morgan fingerprint density at radius 1 is 1.09 bits per heavy atom. The molecular formula is C24H26N8. The Bertz CT molecular complexity index is 1250. The first-order chi connectivity index (χ1) is 15.6. The lowest BCUT2D eigenvalue weighted by atomic mass is 10.1. The lowest BCUT2D eigenvalue weighted by Gasteiger charge is -2.11. The standard InChI is InChI=1S/C24H26N8/c1-4-32-20-7-5-6-18(23(20)30-22(32)10-13-25)19-12-15-27-24(29-19)26-14-11-17-8-9-21(28-16-17)31(2)3/h5-9,12,15-16H,4,10-11,14H2,1-3H3,(H,26,27,29). The number of nitrogens with one attached hydrogen (secondary N) is 1. The van der Waals surface area contributed by atoms with Gasteiger partial charge in [-0.2, -0.15) is 5.26 Å². The number of hydrogen-bond acceptors (Lipinski definition) is 7. The van der Waals surface area contributed by atoms with Crippen molar-refractivity contribution >= 4 is 22.8 Å². The number of anilines is 2. The molecule has 0 aliphatic carbocycles. The number of hydrogen-bond donors (Lipinski definition) is 1. The Hall–Kier alpha value is -3.99. The molecule has 1 N–H and O–H groups in total. The van der Waals surface area contributed by atoms with E-state index in [9.17, 15) is 0 Å². The quantitative estimate of drug-likeness (QED) is 0.459. The summed E-state index contributed by atoms with van der Waals surface area (Å²) in [7, 11) is 3.96. The number of nitrogens with zero attached hydrogens (tertiary/aromatic N) is 7. The van der Waals surface area contributed by atoms with Crippen LogP contribution in [0.25, 0.3) is 22.3 Å². The highest BCUT2D eigenvalue weighted by atomic mass is 15.1. The second kappa shape index (κ2) is 9.43. The monoisotopic (exact) mass is 426 g/mol. The molecule has 3 aromatic heterocycles. The van der Waals surface area contributed by atoms with Gasteiger partial charge in [0.25, 0.3) is 0 Å². The fraction of sp³-hybridized carbons (Fsp3) is 0.292. The van der Waals surface area contributed by atoms with E-state index in [1.807, 2.05) is 55.5 Å². The summed E-state index contributed by atoms with van der Waals surface area (Å²) in [5.74, 6) is 2.29. The minimum Gasteiger partial charge on any atom is -0.363 e. The average molecular weight is 427 g/mol. The van der Waals surface area contributed by atoms with E-state index in [-0.39, 0.29) is 6.42 Å². The van der Waals surface area contributed by atoms with Crippen molar-refractivity contribution in [3.8, 4) is 17.3 Å². The number of imidazole rings is 1. The number of para-hydroxylation sites is 1. The van der Waals surface area contributed by atoms with E-state index in [1.165, 1.54) is 0 Å². The zero-order valence-corrected chi connectivity index (χ0v) is 18.6. The summed E-state index contributed by atoms with van der Waals surface area (Å²) in [4.78, 5) is 20.3. The van der Waals surface area contributed by atoms with Crippen LogP contribution in [0.1, 0.15) is 18.3 Å². The van der Waals surface area contributed by atoms with Crippen molar-refractivity contribution in [1.82, 2.24) is 24.5 Å². The molecular weight excluding hydrogens is 400 g/mol. The van der Waals surface area contributed by atoms with E-state index < -0.39 is 0 Å². The number of fused-ring (bicyclic) bond motifs is 1. The van der Waals surface area contributed by atoms with E-state index in [4.69, 9.17) is 15.2 Å². The number of pyridine rings is 1. The molecule has 0 saturated heterocycles. The first-order valence-corrected chi connectivity index (χ1v) is 10.6. The van der Waals surface area contributed by atoms with Crippen LogP contribution in [-0.2, 0) is 19.4 Å². The molecule has 4 rings (SSSR count). The highest BCUT2D eigenvalue weighted by Gasteiger charge is 2.14. The van der Waals surface area contributed by atoms with E-state index in [1.54, 1.807) is 6.20 Å². The third-order valence-corrected chi connectivity index (χ3v) is 5.31. The molecule has 0 amide bonds. The number of nitriles is 1. The Labute approximate surface area is 187 Å². The molecule has 0 aliphatic heterocycles. The zero-order valence-electron chi connectivity index (χ0n) is 18.6. The minimum absolute atomic E-state index is 0.281. The predicted octanol–water partition coefficient (Wildman–Crippen LogP) is 3.69. The molecule has 0 unspecified atom stereocenters. The Kier molecular flexibility index (Phi) is 6.26. The maximum absolute atomic E-state index is 9.15. The van der Waals surface area contributed by atoms with Crippen LogP contribution in [-0.4, -0.2) is 45.1 Å². The summed E-state index contributed by atoms with van der Waals surface area (Å²) in [5, 5.41) is 12.5. The van der Waals surface area contributed by atoms with Crippen molar-refractivity contribution < 1.29 is 0 Å². The lowest BCUT2D eigenvalue weighted by Crippen LogP contribution is -2.11. The average Bonchev–Trinajstić information content (AvgIpc) is 3.17. The summed E-state index contributed by atoms with van der Waals surface area (Å²) in [6.45, 7) is 3.52. The molecule has 0 aliphatic rings. The van der Waals surface area contributed by atoms with Crippen LogP contribution in [0.5, 0.6) is 0 Å². The Morgan fingerprint density at radius 3 is 2.69 bits per heavy atom. The third-order valence-electron chi connectivity index (χ3n) is 5.31. The predicted molar refractivity (Wildman–Crippen MR) is 127 cm³/mol. The fourth-order valence-electron chi connectivity index (χ4n) is 3.70. The number of benzene rings is 1. The molecule has 0 atom stereocenters. The number of aromatic nitrogens is 5. The maximum Gasteiger partial charge on any atom is 0.223 e. The van der Waals surface area contributed by atoms with Gasteiger partial charge in [0.1, 0.15) is 11.6 Å². The first kappa shape index (κ1) is 21.2. The van der Waals surface area contributed by atoms with Crippen molar-refractivity contribution in [1.29, 1.82) is 5.26 Å². The summed E-state index contributed by atoms with van der Waals surface area (Å²) in [5.41, 5.74) is 4.75. The molecule has 0 spiro atoms. The van der Waals surface area contributed by atoms with Gasteiger partial charge in [-0.3, -0.25) is 0 Å². The molecule has 0 saturated carbocycles. The molecule has 0 bridgehead atoms. The third kappa shape index (κ3) is 4.37. The maximum atomic E-state index is 9.15. The van der Waals surface area contributed by atoms with E-state index in [0.717, 1.165) is 52.5 Å². The van der Waals surface area contributed by atoms with Crippen LogP contribution in [0, 0.1) is 11.3 Å². The molecule has 8 heteroatoms. The van der Waals surface area contributed by atoms with Gasteiger partial charge in [-0.1, -0.05) is 18.2 Å². The summed E-state index contributed by atoms with van der Waals surface area (Å²) in [6.07, 6.45) is 4.76. The largest absolute Gasteiger partial charge is 0.363 e. The second-order valence-electron chi connectivity index (χ2n) is 7.64. The second-order valence-corrected chi connectivity index (χ2v) is 7.64. The first-order valence-electron chi connectivity index (χ1n) is 10.6. The molecule has 162 valence electrons. The summed E-state index contributed by atoms with van der Waals surface area (Å²) in [6, 6.07) is 14.2. The minimum atomic E-state index is 0.281. The van der Waals surface area contributed by atoms with Crippen molar-refractivity contribution in [3.05, 3.63) is 60.2 Å². The van der Waals surface area contributed by atoms with Crippen molar-refractivity contribution in [2.45, 2.75) is 26.3 Å². The smallest absolute Gasteiger partial charge is 0.223 e. The Balaban J connectivity index is 1.53. The molecule has 32 heavy (non-hydrogen) atoms. The SMILES string of the molecule is CCn1c(CC#N)nc2c(-c3ccnc(NCCc4ccc(N(C)C)nc4)n3)cccc21. The molecule has 0 fully saturated rings. The summed E-state index contributed by atoms with van der Waals surface area (Å²) < 4.78 is 2.08. The number of rotatable bonds is 8. The van der Waals surface area contributed by atoms with Crippen LogP contribution >= 0.6 is 0 Å². The molecule has 3 heterocycles. The molecule has 8 nitrogen and oxygen atoms in total. The van der Waals surface area contributed by atoms with Gasteiger partial charge < -0.3 is 14.8 Å². The van der Waals surface area contributed by atoms with Gasteiger partial charge in [0.05, 0.1) is 29.2 Å². The molecule has 1 aromatic carbocycles. The van der Waals surface area contributed by atoms with E-state index >= 15 is 0 Å². The molecule has 0 radical (unpaired) electrons. The van der Waals surface area contributed by atoms with Gasteiger partial charge in [-0.15, -0.1) is 0 Å². The zero-order chi connectivity index (χ0) is 22.5. The van der Waals surface area contributed by atoms with Gasteiger partial charge >= 0.3 is 0 Å². The lowest BCUT2D eigenvalue weighted by molar-refractivity contribution is 0.739. The van der Waals surface area contributed by atoms with Crippen LogP contribution in [0.3, 0.4) is 0 Å². The van der Waals surface area contributed by atoms with Crippen molar-refractivity contribution in [2.24, 2.45) is 0 Å². The van der Waals surface area contributed by atoms with Crippen molar-refractivity contribution in [3.63, 3.8) is 0 Å². The van der Waals surface area contributed by atoms with Crippen LogP contribution in [0.4, 0.5) is 11.8 Å². The molecule has 4 aromatic rings. The highest BCUT2D eigenvalue weighted by Crippen LogP contribution is 2.28. The topological polar surface area (TPSA) is 95.5 Å². The number of aryl methyl sites for hydroxylation is 1. The summed E-state index contributed by atoms with van der Waals surface area (Å²) >= 11 is 0. The van der Waals surface area contributed by atoms with Crippen LogP contribution < -0.4 is 10.2 Å². The van der Waals surface area contributed by atoms with Gasteiger partial charge in [-0.25, -0.2) is 19.9 Å². The Morgan fingerprint density at radius 2 is 1.97 bits per heavy atom. The van der Waals surface area contributed by atoms with Crippen molar-refractivity contribution in [2.75, 3.05) is 30.9 Å². The van der Waals surface area contributed by atoms with Gasteiger partial charge in [0, 0.05) is 45.1 Å². The van der Waals surface area contributed by atoms with Crippen LogP contribution in [0.15, 0.2) is 48.8 Å². The van der Waals surface area contributed by atoms with Gasteiger partial charge in [-0.05, 0) is 37.1 Å². The van der Waals surface area contributed by atoms with Gasteiger partial charge in [0.15, 0.2) is 0 Å². The highest BCUT2D eigenvalue weighted by molar-refractivity contribution is 5.91. The normalized spacial score (nSPS) is 10.8. The fourth-order valence-corrected chi connectivity index (χ4v) is 3.70. The van der Waals surface area contributed by atoms with E-state index in [0.29, 0.717) is 12.5 Å².